The van der Waals surface area contributed by atoms with Crippen LogP contribution in [0.2, 0.25) is 0 Å². The summed E-state index contributed by atoms with van der Waals surface area (Å²) in [5, 5.41) is 0. The second-order valence-corrected chi connectivity index (χ2v) is 6.90. The van der Waals surface area contributed by atoms with Gasteiger partial charge in [0.15, 0.2) is 0 Å². The number of carbonyl (C=O) groups excluding carboxylic acids is 2. The largest absolute Gasteiger partial charge is 0.462 e. The quantitative estimate of drug-likeness (QED) is 0.396. The summed E-state index contributed by atoms with van der Waals surface area (Å²) in [7, 11) is 0. The predicted octanol–water partition coefficient (Wildman–Crippen LogP) is 5.54. The normalized spacial score (nSPS) is 10.4. The van der Waals surface area contributed by atoms with Gasteiger partial charge in [0.1, 0.15) is 6.61 Å². The highest BCUT2D eigenvalue weighted by Crippen LogP contribution is 2.14. The Morgan fingerprint density at radius 1 is 0.885 bits per heavy atom. The number of hydrogen-bond donors (Lipinski definition) is 0. The molecule has 0 heterocycles. The first kappa shape index (κ1) is 20.2. The minimum atomic E-state index is -0.426. The average molecular weight is 419 g/mol. The van der Waals surface area contributed by atoms with Crippen LogP contribution in [0.25, 0.3) is 0 Å². The molecule has 2 aromatic carbocycles. The van der Waals surface area contributed by atoms with Crippen LogP contribution < -0.4 is 0 Å². The molecule has 0 fully saturated rings. The van der Waals surface area contributed by atoms with Gasteiger partial charge in [-0.1, -0.05) is 54.2 Å². The van der Waals surface area contributed by atoms with E-state index in [2.05, 4.69) is 22.9 Å². The average Bonchev–Trinajstić information content (AvgIpc) is 2.66. The molecule has 0 spiro atoms. The van der Waals surface area contributed by atoms with E-state index in [4.69, 9.17) is 9.47 Å². The van der Waals surface area contributed by atoms with E-state index in [1.807, 2.05) is 24.3 Å². The number of hydrogen-bond acceptors (Lipinski definition) is 4. The van der Waals surface area contributed by atoms with E-state index >= 15 is 0 Å². The first-order valence-electron chi connectivity index (χ1n) is 8.79. The van der Waals surface area contributed by atoms with E-state index in [1.165, 1.54) is 0 Å². The van der Waals surface area contributed by atoms with Gasteiger partial charge in [0, 0.05) is 4.47 Å². The summed E-state index contributed by atoms with van der Waals surface area (Å²) in [5.41, 5.74) is 1.74. The third kappa shape index (κ3) is 6.64. The van der Waals surface area contributed by atoms with Crippen LogP contribution in [0.3, 0.4) is 0 Å². The molecule has 4 nitrogen and oxygen atoms in total. The SMILES string of the molecule is CCCCCCOC(=O)c1ccc(C(=O)OCc2cccc(Br)c2)cc1. The first-order chi connectivity index (χ1) is 12.6. The summed E-state index contributed by atoms with van der Waals surface area (Å²) < 4.78 is 11.5. The fraction of sp³-hybridized carbons (Fsp3) is 0.333. The Bertz CT molecular complexity index is 725. The van der Waals surface area contributed by atoms with Crippen LogP contribution >= 0.6 is 15.9 Å². The molecule has 0 aliphatic heterocycles. The molecular formula is C21H23BrO4. The van der Waals surface area contributed by atoms with Crippen molar-refractivity contribution < 1.29 is 19.1 Å². The highest BCUT2D eigenvalue weighted by molar-refractivity contribution is 9.10. The molecule has 0 bridgehead atoms. The summed E-state index contributed by atoms with van der Waals surface area (Å²) in [4.78, 5) is 24.1. The second-order valence-electron chi connectivity index (χ2n) is 5.98. The molecule has 0 saturated heterocycles. The van der Waals surface area contributed by atoms with Gasteiger partial charge in [-0.05, 0) is 48.4 Å². The van der Waals surface area contributed by atoms with Crippen LogP contribution in [0.4, 0.5) is 0 Å². The van der Waals surface area contributed by atoms with E-state index in [0.29, 0.717) is 17.7 Å². The van der Waals surface area contributed by atoms with Crippen LogP contribution in [0.1, 0.15) is 58.9 Å². The molecule has 0 N–H and O–H groups in total. The van der Waals surface area contributed by atoms with Crippen molar-refractivity contribution in [2.75, 3.05) is 6.61 Å². The Kier molecular flexibility index (Phi) is 8.35. The van der Waals surface area contributed by atoms with Crippen molar-refractivity contribution in [3.05, 3.63) is 69.7 Å². The van der Waals surface area contributed by atoms with Crippen LogP contribution in [-0.2, 0) is 16.1 Å². The number of halogens is 1. The van der Waals surface area contributed by atoms with Gasteiger partial charge in [0.05, 0.1) is 17.7 Å². The van der Waals surface area contributed by atoms with Crippen molar-refractivity contribution in [2.45, 2.75) is 39.2 Å². The highest BCUT2D eigenvalue weighted by Gasteiger charge is 2.11. The summed E-state index contributed by atoms with van der Waals surface area (Å²) >= 11 is 3.38. The lowest BCUT2D eigenvalue weighted by Gasteiger charge is -2.07. The van der Waals surface area contributed by atoms with Gasteiger partial charge in [-0.25, -0.2) is 9.59 Å². The molecule has 26 heavy (non-hydrogen) atoms. The molecule has 0 saturated carbocycles. The van der Waals surface area contributed by atoms with Crippen molar-refractivity contribution in [2.24, 2.45) is 0 Å². The number of ether oxygens (including phenoxy) is 2. The maximum Gasteiger partial charge on any atom is 0.338 e. The monoisotopic (exact) mass is 418 g/mol. The lowest BCUT2D eigenvalue weighted by Crippen LogP contribution is -2.08. The van der Waals surface area contributed by atoms with Crippen LogP contribution in [0.15, 0.2) is 53.0 Å². The summed E-state index contributed by atoms with van der Waals surface area (Å²) in [6.45, 7) is 2.76. The Labute approximate surface area is 162 Å². The molecule has 0 radical (unpaired) electrons. The maximum absolute atomic E-state index is 12.1. The van der Waals surface area contributed by atoms with Gasteiger partial charge in [0.2, 0.25) is 0 Å². The van der Waals surface area contributed by atoms with Gasteiger partial charge in [-0.2, -0.15) is 0 Å². The molecule has 0 amide bonds. The van der Waals surface area contributed by atoms with E-state index in [0.717, 1.165) is 35.7 Å². The van der Waals surface area contributed by atoms with Gasteiger partial charge < -0.3 is 9.47 Å². The Balaban J connectivity index is 1.82. The molecule has 0 atom stereocenters. The molecule has 5 heteroatoms. The third-order valence-electron chi connectivity index (χ3n) is 3.85. The van der Waals surface area contributed by atoms with Crippen molar-refractivity contribution in [1.29, 1.82) is 0 Å². The standard InChI is InChI=1S/C21H23BrO4/c1-2-3-4-5-13-25-20(23)17-9-11-18(12-10-17)21(24)26-15-16-7-6-8-19(22)14-16/h6-12,14H,2-5,13,15H2,1H3. The minimum Gasteiger partial charge on any atom is -0.462 e. The minimum absolute atomic E-state index is 0.194. The van der Waals surface area contributed by atoms with Gasteiger partial charge in [0.25, 0.3) is 0 Å². The van der Waals surface area contributed by atoms with Gasteiger partial charge in [-0.3, -0.25) is 0 Å². The Hall–Kier alpha value is -2.14. The third-order valence-corrected chi connectivity index (χ3v) is 4.34. The topological polar surface area (TPSA) is 52.6 Å². The molecular weight excluding hydrogens is 396 g/mol. The zero-order valence-corrected chi connectivity index (χ0v) is 16.5. The van der Waals surface area contributed by atoms with Crippen LogP contribution in [-0.4, -0.2) is 18.5 Å². The predicted molar refractivity (Wildman–Crippen MR) is 104 cm³/mol. The second kappa shape index (κ2) is 10.8. The fourth-order valence-corrected chi connectivity index (χ4v) is 2.83. The molecule has 2 aromatic rings. The fourth-order valence-electron chi connectivity index (χ4n) is 2.38. The van der Waals surface area contributed by atoms with Gasteiger partial charge in [-0.15, -0.1) is 0 Å². The Morgan fingerprint density at radius 2 is 1.54 bits per heavy atom. The number of benzene rings is 2. The molecule has 0 aromatic heterocycles. The highest BCUT2D eigenvalue weighted by atomic mass is 79.9. The summed E-state index contributed by atoms with van der Waals surface area (Å²) in [5.74, 6) is -0.792. The van der Waals surface area contributed by atoms with E-state index in [9.17, 15) is 9.59 Å². The van der Waals surface area contributed by atoms with Crippen LogP contribution in [0.5, 0.6) is 0 Å². The molecule has 138 valence electrons. The number of rotatable bonds is 9. The maximum atomic E-state index is 12.1. The zero-order valence-electron chi connectivity index (χ0n) is 14.9. The lowest BCUT2D eigenvalue weighted by atomic mass is 10.1. The van der Waals surface area contributed by atoms with Crippen molar-refractivity contribution in [3.63, 3.8) is 0 Å². The summed E-state index contributed by atoms with van der Waals surface area (Å²) in [6.07, 6.45) is 4.23. The molecule has 2 rings (SSSR count). The summed E-state index contributed by atoms with van der Waals surface area (Å²) in [6, 6.07) is 13.9. The number of unbranched alkanes of at least 4 members (excludes halogenated alkanes) is 3. The van der Waals surface area contributed by atoms with Crippen LogP contribution in [0, 0.1) is 0 Å². The van der Waals surface area contributed by atoms with E-state index in [1.54, 1.807) is 24.3 Å². The lowest BCUT2D eigenvalue weighted by molar-refractivity contribution is 0.0466. The molecule has 0 unspecified atom stereocenters. The smallest absolute Gasteiger partial charge is 0.338 e. The van der Waals surface area contributed by atoms with Crippen molar-refractivity contribution in [1.82, 2.24) is 0 Å². The first-order valence-corrected chi connectivity index (χ1v) is 9.58. The number of esters is 2. The zero-order chi connectivity index (χ0) is 18.8. The van der Waals surface area contributed by atoms with Crippen molar-refractivity contribution in [3.8, 4) is 0 Å². The van der Waals surface area contributed by atoms with E-state index < -0.39 is 5.97 Å². The number of carbonyl (C=O) groups is 2. The van der Waals surface area contributed by atoms with Gasteiger partial charge >= 0.3 is 11.9 Å². The molecule has 0 aliphatic rings. The van der Waals surface area contributed by atoms with Crippen molar-refractivity contribution >= 4 is 27.9 Å². The molecule has 0 aliphatic carbocycles. The van der Waals surface area contributed by atoms with E-state index in [-0.39, 0.29) is 12.6 Å². The Morgan fingerprint density at radius 3 is 2.15 bits per heavy atom.